The van der Waals surface area contributed by atoms with Crippen molar-refractivity contribution in [2.75, 3.05) is 0 Å². The van der Waals surface area contributed by atoms with Crippen LogP contribution in [0, 0.1) is 27.7 Å². The summed E-state index contributed by atoms with van der Waals surface area (Å²) in [6, 6.07) is 9.41. The largest absolute Gasteiger partial charge is 0.459 e. The van der Waals surface area contributed by atoms with E-state index in [1.807, 2.05) is 26.8 Å². The number of halogens is 4. The number of hydrogen-bond donors (Lipinski definition) is 0. The van der Waals surface area contributed by atoms with Crippen molar-refractivity contribution in [1.82, 2.24) is 0 Å². The lowest BCUT2D eigenvalue weighted by molar-refractivity contribution is 0.103. The van der Waals surface area contributed by atoms with E-state index in [-0.39, 0.29) is 36.5 Å². The fourth-order valence-corrected chi connectivity index (χ4v) is 5.94. The molecule has 3 nitrogen and oxygen atoms in total. The number of benzene rings is 3. The van der Waals surface area contributed by atoms with Gasteiger partial charge in [0.15, 0.2) is 0 Å². The molecule has 0 aromatic heterocycles. The van der Waals surface area contributed by atoms with E-state index >= 15 is 0 Å². The minimum atomic E-state index is -2.61. The molecule has 0 saturated heterocycles. The number of carbonyl (C=O) groups is 2. The molecule has 0 saturated carbocycles. The summed E-state index contributed by atoms with van der Waals surface area (Å²) in [6.07, 6.45) is 0. The summed E-state index contributed by atoms with van der Waals surface area (Å²) in [5.74, 6) is -0.621. The molecule has 0 heterocycles. The first kappa shape index (κ1) is 24.9. The molecule has 0 fully saturated rings. The summed E-state index contributed by atoms with van der Waals surface area (Å²) in [5, 5.41) is 0.0804. The summed E-state index contributed by atoms with van der Waals surface area (Å²) in [6.45, 7) is 7.51. The van der Waals surface area contributed by atoms with Crippen LogP contribution >= 0.6 is 54.2 Å². The lowest BCUT2D eigenvalue weighted by Crippen LogP contribution is -2.17. The third-order valence-corrected chi connectivity index (χ3v) is 8.46. The average molecular weight is 527 g/mol. The Balaban J connectivity index is 2.15. The molecule has 32 heavy (non-hydrogen) atoms. The Morgan fingerprint density at radius 2 is 1.31 bits per heavy atom. The number of hydrogen-bond acceptors (Lipinski definition) is 3. The van der Waals surface area contributed by atoms with Gasteiger partial charge in [0.25, 0.3) is 0 Å². The molecule has 8 heteroatoms. The molecule has 1 atom stereocenters. The molecule has 0 aliphatic rings. The van der Waals surface area contributed by atoms with Crippen molar-refractivity contribution >= 4 is 70.8 Å². The SMILES string of the molecule is Cc1cc(C)c(C(=O)[P+](=O)c2ccccc2C(=O)c2c(Cl)c(Cl)cc(Cl)c2Cl)c(C)c1C. The van der Waals surface area contributed by atoms with E-state index in [0.717, 1.165) is 22.3 Å². The van der Waals surface area contributed by atoms with Gasteiger partial charge < -0.3 is 0 Å². The van der Waals surface area contributed by atoms with Crippen molar-refractivity contribution in [3.63, 3.8) is 0 Å². The van der Waals surface area contributed by atoms with Gasteiger partial charge in [-0.05, 0) is 68.1 Å². The van der Waals surface area contributed by atoms with Crippen LogP contribution in [-0.4, -0.2) is 11.3 Å². The Kier molecular flexibility index (Phi) is 7.49. The summed E-state index contributed by atoms with van der Waals surface area (Å²) in [7, 11) is -2.61. The highest BCUT2D eigenvalue weighted by Gasteiger charge is 2.39. The maximum Gasteiger partial charge on any atom is 0.459 e. The Hall–Kier alpha value is -1.74. The van der Waals surface area contributed by atoms with Gasteiger partial charge >= 0.3 is 13.3 Å². The van der Waals surface area contributed by atoms with E-state index in [9.17, 15) is 14.2 Å². The van der Waals surface area contributed by atoms with Gasteiger partial charge in [-0.2, -0.15) is 0 Å². The van der Waals surface area contributed by atoms with Crippen LogP contribution in [0.5, 0.6) is 0 Å². The molecule has 3 aromatic carbocycles. The molecular formula is C24H18Cl4O3P+. The molecule has 0 bridgehead atoms. The molecule has 0 amide bonds. The van der Waals surface area contributed by atoms with E-state index in [1.165, 1.54) is 18.2 Å². The first-order chi connectivity index (χ1) is 15.0. The maximum absolute atomic E-state index is 13.4. The number of aryl methyl sites for hydroxylation is 2. The molecule has 0 radical (unpaired) electrons. The second-order valence-corrected chi connectivity index (χ2v) is 10.5. The molecule has 164 valence electrons. The molecule has 0 N–H and O–H groups in total. The van der Waals surface area contributed by atoms with Gasteiger partial charge in [0, 0.05) is 0 Å². The Labute approximate surface area is 207 Å². The van der Waals surface area contributed by atoms with Gasteiger partial charge in [-0.1, -0.05) is 69.2 Å². The fourth-order valence-electron chi connectivity index (χ4n) is 3.57. The average Bonchev–Trinajstić information content (AvgIpc) is 2.75. The molecule has 3 aromatic rings. The zero-order valence-corrected chi connectivity index (χ0v) is 21.6. The van der Waals surface area contributed by atoms with E-state index in [0.29, 0.717) is 5.56 Å². The van der Waals surface area contributed by atoms with Crippen molar-refractivity contribution in [1.29, 1.82) is 0 Å². The van der Waals surface area contributed by atoms with Crippen molar-refractivity contribution < 1.29 is 14.2 Å². The van der Waals surface area contributed by atoms with Gasteiger partial charge in [-0.3, -0.25) is 4.79 Å². The Morgan fingerprint density at radius 3 is 1.91 bits per heavy atom. The van der Waals surface area contributed by atoms with E-state index in [1.54, 1.807) is 19.1 Å². The quantitative estimate of drug-likeness (QED) is 0.192. The van der Waals surface area contributed by atoms with Crippen LogP contribution in [0.3, 0.4) is 0 Å². The molecule has 3 rings (SSSR count). The first-order valence-corrected chi connectivity index (χ1v) is 12.3. The predicted octanol–water partition coefficient (Wildman–Crippen LogP) is 8.06. The molecule has 1 unspecified atom stereocenters. The minimum absolute atomic E-state index is 0.0447. The van der Waals surface area contributed by atoms with Gasteiger partial charge in [0.1, 0.15) is 0 Å². The van der Waals surface area contributed by atoms with Gasteiger partial charge in [0.2, 0.25) is 11.1 Å². The van der Waals surface area contributed by atoms with Crippen LogP contribution in [0.1, 0.15) is 48.5 Å². The first-order valence-electron chi connectivity index (χ1n) is 9.53. The van der Waals surface area contributed by atoms with E-state index < -0.39 is 19.1 Å². The van der Waals surface area contributed by atoms with Crippen molar-refractivity contribution in [3.8, 4) is 0 Å². The fraction of sp³-hybridized carbons (Fsp3) is 0.167. The highest BCUT2D eigenvalue weighted by Crippen LogP contribution is 2.39. The van der Waals surface area contributed by atoms with Crippen molar-refractivity contribution in [3.05, 3.63) is 95.4 Å². The third-order valence-electron chi connectivity index (χ3n) is 5.46. The normalized spacial score (nSPS) is 11.4. The zero-order chi connectivity index (χ0) is 23.9. The molecule has 0 aliphatic carbocycles. The monoisotopic (exact) mass is 525 g/mol. The van der Waals surface area contributed by atoms with Crippen LogP contribution in [0.2, 0.25) is 20.1 Å². The Bertz CT molecular complexity index is 1290. The second kappa shape index (κ2) is 9.63. The lowest BCUT2D eigenvalue weighted by Gasteiger charge is -2.11. The molecular weight excluding hydrogens is 509 g/mol. The van der Waals surface area contributed by atoms with Crippen LogP contribution in [0.25, 0.3) is 0 Å². The third kappa shape index (κ3) is 4.38. The van der Waals surface area contributed by atoms with Crippen LogP contribution < -0.4 is 5.30 Å². The van der Waals surface area contributed by atoms with E-state index in [2.05, 4.69) is 0 Å². The number of carbonyl (C=O) groups excluding carboxylic acids is 2. The minimum Gasteiger partial charge on any atom is -0.288 e. The summed E-state index contributed by atoms with van der Waals surface area (Å²) >= 11 is 24.6. The van der Waals surface area contributed by atoms with Crippen molar-refractivity contribution in [2.45, 2.75) is 27.7 Å². The molecule has 0 aliphatic heterocycles. The summed E-state index contributed by atoms with van der Waals surface area (Å²) in [5.41, 5.74) is 3.31. The number of rotatable bonds is 5. The topological polar surface area (TPSA) is 51.2 Å². The summed E-state index contributed by atoms with van der Waals surface area (Å²) < 4.78 is 13.4. The summed E-state index contributed by atoms with van der Waals surface area (Å²) in [4.78, 5) is 26.7. The second-order valence-electron chi connectivity index (χ2n) is 7.42. The van der Waals surface area contributed by atoms with Gasteiger partial charge in [-0.25, -0.2) is 4.79 Å². The highest BCUT2D eigenvalue weighted by molar-refractivity contribution is 7.71. The van der Waals surface area contributed by atoms with Crippen LogP contribution in [0.4, 0.5) is 0 Å². The Morgan fingerprint density at radius 1 is 0.750 bits per heavy atom. The van der Waals surface area contributed by atoms with Crippen LogP contribution in [0.15, 0.2) is 36.4 Å². The molecule has 0 spiro atoms. The van der Waals surface area contributed by atoms with Crippen molar-refractivity contribution in [2.24, 2.45) is 0 Å². The highest BCUT2D eigenvalue weighted by atomic mass is 35.5. The van der Waals surface area contributed by atoms with Gasteiger partial charge in [0.05, 0.1) is 36.8 Å². The number of ketones is 1. The van der Waals surface area contributed by atoms with E-state index in [4.69, 9.17) is 46.4 Å². The van der Waals surface area contributed by atoms with Crippen LogP contribution in [-0.2, 0) is 4.57 Å². The smallest absolute Gasteiger partial charge is 0.288 e. The zero-order valence-electron chi connectivity index (χ0n) is 17.6. The maximum atomic E-state index is 13.4. The van der Waals surface area contributed by atoms with Gasteiger partial charge in [-0.15, -0.1) is 0 Å². The predicted molar refractivity (Wildman–Crippen MR) is 133 cm³/mol. The standard InChI is InChI=1S/C24H18Cl4O3P/c1-11-9-12(2)19(14(4)13(11)3)24(30)32(31)18-8-6-5-7-15(18)23(29)20-21(27)16(25)10-17(26)22(20)28/h5-10H,1-4H3/q+1. The lowest BCUT2D eigenvalue weighted by atomic mass is 9.95.